The molecule has 0 aliphatic carbocycles. The summed E-state index contributed by atoms with van der Waals surface area (Å²) in [6.45, 7) is 2.04. The molecule has 1 aromatic carbocycles. The van der Waals surface area contributed by atoms with Gasteiger partial charge in [-0.05, 0) is 25.3 Å². The summed E-state index contributed by atoms with van der Waals surface area (Å²) in [5, 5.41) is 0. The molecule has 0 amide bonds. The Bertz CT molecular complexity index is 423. The van der Waals surface area contributed by atoms with Crippen LogP contribution in [0, 0.1) is 6.92 Å². The average molecular weight is 241 g/mol. The average Bonchev–Trinajstić information content (AvgIpc) is 2.18. The van der Waals surface area contributed by atoms with Gasteiger partial charge in [-0.15, -0.1) is 0 Å². The van der Waals surface area contributed by atoms with Gasteiger partial charge in [0.25, 0.3) is 0 Å². The SMILES string of the molecule is Cc1ccc(CC(N)CCS(C)(=O)=O)cc1. The minimum Gasteiger partial charge on any atom is -0.327 e. The largest absolute Gasteiger partial charge is 0.327 e. The van der Waals surface area contributed by atoms with E-state index in [1.165, 1.54) is 11.8 Å². The fourth-order valence-corrected chi connectivity index (χ4v) is 2.23. The second-order valence-corrected chi connectivity index (χ2v) is 6.63. The van der Waals surface area contributed by atoms with Crippen molar-refractivity contribution in [3.8, 4) is 0 Å². The highest BCUT2D eigenvalue weighted by Gasteiger charge is 2.08. The van der Waals surface area contributed by atoms with Crippen molar-refractivity contribution in [2.75, 3.05) is 12.0 Å². The highest BCUT2D eigenvalue weighted by Crippen LogP contribution is 2.07. The van der Waals surface area contributed by atoms with Gasteiger partial charge in [-0.1, -0.05) is 29.8 Å². The second kappa shape index (κ2) is 5.46. The molecule has 3 nitrogen and oxygen atoms in total. The predicted molar refractivity (Wildman–Crippen MR) is 67.2 cm³/mol. The van der Waals surface area contributed by atoms with Crippen LogP contribution in [-0.2, 0) is 16.3 Å². The zero-order chi connectivity index (χ0) is 12.2. The van der Waals surface area contributed by atoms with Crippen LogP contribution in [-0.4, -0.2) is 26.5 Å². The van der Waals surface area contributed by atoms with E-state index < -0.39 is 9.84 Å². The number of sulfone groups is 1. The molecule has 1 aromatic rings. The lowest BCUT2D eigenvalue weighted by molar-refractivity contribution is 0.586. The molecule has 0 fully saturated rings. The third-order valence-corrected chi connectivity index (χ3v) is 3.46. The van der Waals surface area contributed by atoms with E-state index in [0.717, 1.165) is 12.0 Å². The lowest BCUT2D eigenvalue weighted by Gasteiger charge is -2.10. The minimum atomic E-state index is -2.90. The molecule has 0 heterocycles. The molecule has 0 spiro atoms. The summed E-state index contributed by atoms with van der Waals surface area (Å²) in [5.41, 5.74) is 8.26. The van der Waals surface area contributed by atoms with Gasteiger partial charge in [0.05, 0.1) is 5.75 Å². The van der Waals surface area contributed by atoms with Gasteiger partial charge in [0, 0.05) is 12.3 Å². The van der Waals surface area contributed by atoms with E-state index in [4.69, 9.17) is 5.73 Å². The molecule has 0 aromatic heterocycles. The Balaban J connectivity index is 2.45. The van der Waals surface area contributed by atoms with Crippen molar-refractivity contribution >= 4 is 9.84 Å². The normalized spacial score (nSPS) is 13.7. The van der Waals surface area contributed by atoms with E-state index in [0.29, 0.717) is 6.42 Å². The van der Waals surface area contributed by atoms with Crippen LogP contribution in [0.2, 0.25) is 0 Å². The Hall–Kier alpha value is -0.870. The first-order chi connectivity index (χ1) is 7.37. The third kappa shape index (κ3) is 5.28. The number of nitrogens with two attached hydrogens (primary N) is 1. The summed E-state index contributed by atoms with van der Waals surface area (Å²) < 4.78 is 22.0. The molecule has 4 heteroatoms. The number of hydrogen-bond donors (Lipinski definition) is 1. The summed E-state index contributed by atoms with van der Waals surface area (Å²) in [6.07, 6.45) is 2.49. The van der Waals surface area contributed by atoms with Crippen LogP contribution in [0.15, 0.2) is 24.3 Å². The standard InChI is InChI=1S/C12H19NO2S/c1-10-3-5-11(6-4-10)9-12(13)7-8-16(2,14)15/h3-6,12H,7-9,13H2,1-2H3. The Morgan fingerprint density at radius 1 is 1.25 bits per heavy atom. The summed E-state index contributed by atoms with van der Waals surface area (Å²) >= 11 is 0. The zero-order valence-electron chi connectivity index (χ0n) is 9.81. The van der Waals surface area contributed by atoms with E-state index in [2.05, 4.69) is 0 Å². The molecule has 1 rings (SSSR count). The first kappa shape index (κ1) is 13.2. The first-order valence-corrected chi connectivity index (χ1v) is 7.42. The molecule has 16 heavy (non-hydrogen) atoms. The van der Waals surface area contributed by atoms with Gasteiger partial charge in [0.1, 0.15) is 9.84 Å². The fraction of sp³-hybridized carbons (Fsp3) is 0.500. The van der Waals surface area contributed by atoms with Crippen LogP contribution in [0.1, 0.15) is 17.5 Å². The van der Waals surface area contributed by atoms with Gasteiger partial charge in [-0.3, -0.25) is 0 Å². The summed E-state index contributed by atoms with van der Waals surface area (Å²) in [7, 11) is -2.90. The number of rotatable bonds is 5. The topological polar surface area (TPSA) is 60.2 Å². The van der Waals surface area contributed by atoms with Crippen molar-refractivity contribution in [1.29, 1.82) is 0 Å². The van der Waals surface area contributed by atoms with Gasteiger partial charge in [0.2, 0.25) is 0 Å². The van der Waals surface area contributed by atoms with Crippen LogP contribution in [0.25, 0.3) is 0 Å². The molecule has 2 N–H and O–H groups in total. The van der Waals surface area contributed by atoms with Crippen molar-refractivity contribution in [2.45, 2.75) is 25.8 Å². The van der Waals surface area contributed by atoms with Gasteiger partial charge in [-0.25, -0.2) is 8.42 Å². The lowest BCUT2D eigenvalue weighted by atomic mass is 10.0. The highest BCUT2D eigenvalue weighted by molar-refractivity contribution is 7.90. The van der Waals surface area contributed by atoms with E-state index in [-0.39, 0.29) is 11.8 Å². The molecule has 0 bridgehead atoms. The van der Waals surface area contributed by atoms with Crippen molar-refractivity contribution in [2.24, 2.45) is 5.73 Å². The Morgan fingerprint density at radius 2 is 1.81 bits per heavy atom. The maximum Gasteiger partial charge on any atom is 0.147 e. The summed E-state index contributed by atoms with van der Waals surface area (Å²) in [5.74, 6) is 0.167. The van der Waals surface area contributed by atoms with E-state index >= 15 is 0 Å². The summed E-state index contributed by atoms with van der Waals surface area (Å²) in [6, 6.07) is 8.07. The molecule has 0 saturated carbocycles. The Kier molecular flexibility index (Phi) is 4.50. The molecule has 1 unspecified atom stereocenters. The molecule has 0 radical (unpaired) electrons. The smallest absolute Gasteiger partial charge is 0.147 e. The number of hydrogen-bond acceptors (Lipinski definition) is 3. The van der Waals surface area contributed by atoms with Gasteiger partial charge in [0.15, 0.2) is 0 Å². The Labute approximate surface area is 97.6 Å². The molecule has 90 valence electrons. The minimum absolute atomic E-state index is 0.0857. The molecule has 1 atom stereocenters. The van der Waals surface area contributed by atoms with Gasteiger partial charge >= 0.3 is 0 Å². The van der Waals surface area contributed by atoms with E-state index in [9.17, 15) is 8.42 Å². The number of aryl methyl sites for hydroxylation is 1. The van der Waals surface area contributed by atoms with Gasteiger partial charge < -0.3 is 5.73 Å². The van der Waals surface area contributed by atoms with Crippen LogP contribution in [0.4, 0.5) is 0 Å². The molecule has 0 aliphatic rings. The predicted octanol–water partition coefficient (Wildman–Crippen LogP) is 1.30. The highest BCUT2D eigenvalue weighted by atomic mass is 32.2. The zero-order valence-corrected chi connectivity index (χ0v) is 10.6. The molecule has 0 aliphatic heterocycles. The van der Waals surface area contributed by atoms with Crippen molar-refractivity contribution in [3.05, 3.63) is 35.4 Å². The lowest BCUT2D eigenvalue weighted by Crippen LogP contribution is -2.25. The second-order valence-electron chi connectivity index (χ2n) is 4.37. The fourth-order valence-electron chi connectivity index (χ4n) is 1.49. The summed E-state index contributed by atoms with van der Waals surface area (Å²) in [4.78, 5) is 0. The van der Waals surface area contributed by atoms with Crippen LogP contribution in [0.5, 0.6) is 0 Å². The first-order valence-electron chi connectivity index (χ1n) is 5.36. The maximum atomic E-state index is 11.0. The maximum absolute atomic E-state index is 11.0. The monoisotopic (exact) mass is 241 g/mol. The third-order valence-electron chi connectivity index (χ3n) is 2.48. The molecular formula is C12H19NO2S. The van der Waals surface area contributed by atoms with Crippen LogP contribution in [0.3, 0.4) is 0 Å². The van der Waals surface area contributed by atoms with Crippen molar-refractivity contribution in [1.82, 2.24) is 0 Å². The van der Waals surface area contributed by atoms with Crippen LogP contribution < -0.4 is 5.73 Å². The van der Waals surface area contributed by atoms with Crippen molar-refractivity contribution in [3.63, 3.8) is 0 Å². The molecule has 0 saturated heterocycles. The van der Waals surface area contributed by atoms with Gasteiger partial charge in [-0.2, -0.15) is 0 Å². The van der Waals surface area contributed by atoms with Crippen LogP contribution >= 0.6 is 0 Å². The molecular weight excluding hydrogens is 222 g/mol. The van der Waals surface area contributed by atoms with E-state index in [1.807, 2.05) is 31.2 Å². The Morgan fingerprint density at radius 3 is 2.31 bits per heavy atom. The van der Waals surface area contributed by atoms with Crippen molar-refractivity contribution < 1.29 is 8.42 Å². The number of benzene rings is 1. The quantitative estimate of drug-likeness (QED) is 0.845. The van der Waals surface area contributed by atoms with E-state index in [1.54, 1.807) is 0 Å².